The molecule has 0 spiro atoms. The van der Waals surface area contributed by atoms with Gasteiger partial charge in [-0.2, -0.15) is 0 Å². The summed E-state index contributed by atoms with van der Waals surface area (Å²) in [6.07, 6.45) is 3.95. The van der Waals surface area contributed by atoms with Crippen LogP contribution >= 0.6 is 11.8 Å². The molecule has 0 aromatic carbocycles. The zero-order chi connectivity index (χ0) is 12.6. The number of nitrogens with zero attached hydrogens (tertiary/aromatic N) is 1. The van der Waals surface area contributed by atoms with Crippen LogP contribution in [0.4, 0.5) is 0 Å². The fourth-order valence-corrected chi connectivity index (χ4v) is 3.99. The molecule has 1 aliphatic carbocycles. The molecule has 2 rings (SSSR count). The molecule has 1 heterocycles. The summed E-state index contributed by atoms with van der Waals surface area (Å²) >= 11 is 1.55. The van der Waals surface area contributed by atoms with Gasteiger partial charge in [-0.3, -0.25) is 4.79 Å². The highest BCUT2D eigenvalue weighted by Crippen LogP contribution is 2.42. The Bertz CT molecular complexity index is 339. The number of carboxylic acid groups (broad SMARTS) is 1. The Kier molecular flexibility index (Phi) is 3.39. The molecule has 0 bridgehead atoms. The number of hydrogen-bond acceptors (Lipinski definition) is 3. The number of thioether (sulfide) groups is 1. The lowest BCUT2D eigenvalue weighted by atomic mass is 9.86. The maximum atomic E-state index is 12.5. The minimum atomic E-state index is -0.878. The molecule has 2 fully saturated rings. The van der Waals surface area contributed by atoms with Crippen LogP contribution in [0.15, 0.2) is 0 Å². The van der Waals surface area contributed by atoms with Crippen LogP contribution in [0.2, 0.25) is 0 Å². The fourth-order valence-electron chi connectivity index (χ4n) is 2.82. The van der Waals surface area contributed by atoms with E-state index in [1.165, 1.54) is 0 Å². The summed E-state index contributed by atoms with van der Waals surface area (Å²) in [6.45, 7) is 3.90. The number of aliphatic carboxylic acids is 1. The predicted octanol–water partition coefficient (Wildman–Crippen LogP) is 1.94. The van der Waals surface area contributed by atoms with Gasteiger partial charge in [0.25, 0.3) is 0 Å². The van der Waals surface area contributed by atoms with Crippen molar-refractivity contribution in [1.29, 1.82) is 0 Å². The van der Waals surface area contributed by atoms with Gasteiger partial charge in [0.15, 0.2) is 0 Å². The number of carbonyl (C=O) groups excluding carboxylic acids is 1. The first-order valence-electron chi connectivity index (χ1n) is 6.13. The lowest BCUT2D eigenvalue weighted by Gasteiger charge is -2.33. The molecule has 17 heavy (non-hydrogen) atoms. The van der Waals surface area contributed by atoms with Crippen molar-refractivity contribution in [3.05, 3.63) is 0 Å². The van der Waals surface area contributed by atoms with Gasteiger partial charge in [0.2, 0.25) is 5.91 Å². The van der Waals surface area contributed by atoms with Crippen molar-refractivity contribution in [1.82, 2.24) is 4.90 Å². The molecule has 5 heteroatoms. The van der Waals surface area contributed by atoms with Gasteiger partial charge in [-0.15, -0.1) is 11.8 Å². The van der Waals surface area contributed by atoms with Gasteiger partial charge in [-0.05, 0) is 19.8 Å². The highest BCUT2D eigenvalue weighted by molar-refractivity contribution is 8.00. The van der Waals surface area contributed by atoms with Gasteiger partial charge in [0, 0.05) is 11.2 Å². The van der Waals surface area contributed by atoms with Crippen molar-refractivity contribution in [2.75, 3.05) is 5.75 Å². The standard InChI is InChI=1S/C12H19NO3S/c1-8-13(9(7-17-8)10(14)15)11(16)12(2)5-3-4-6-12/h8-9H,3-7H2,1-2H3,(H,14,15). The van der Waals surface area contributed by atoms with E-state index in [0.29, 0.717) is 5.75 Å². The molecule has 96 valence electrons. The van der Waals surface area contributed by atoms with Crippen molar-refractivity contribution in [2.45, 2.75) is 50.9 Å². The Balaban J connectivity index is 2.19. The van der Waals surface area contributed by atoms with E-state index in [4.69, 9.17) is 5.11 Å². The minimum Gasteiger partial charge on any atom is -0.480 e. The van der Waals surface area contributed by atoms with E-state index in [1.54, 1.807) is 16.7 Å². The number of hydrogen-bond donors (Lipinski definition) is 1. The number of carboxylic acids is 1. The summed E-state index contributed by atoms with van der Waals surface area (Å²) in [4.78, 5) is 25.3. The van der Waals surface area contributed by atoms with Crippen LogP contribution < -0.4 is 0 Å². The lowest BCUT2D eigenvalue weighted by Crippen LogP contribution is -2.50. The summed E-state index contributed by atoms with van der Waals surface area (Å²) in [5.41, 5.74) is -0.327. The molecule has 0 radical (unpaired) electrons. The van der Waals surface area contributed by atoms with Crippen molar-refractivity contribution < 1.29 is 14.7 Å². The van der Waals surface area contributed by atoms with E-state index in [2.05, 4.69) is 0 Å². The van der Waals surface area contributed by atoms with Crippen LogP contribution in [0.3, 0.4) is 0 Å². The van der Waals surface area contributed by atoms with Gasteiger partial charge in [-0.1, -0.05) is 19.8 Å². The van der Waals surface area contributed by atoms with Crippen LogP contribution in [0, 0.1) is 5.41 Å². The molecule has 1 N–H and O–H groups in total. The first-order chi connectivity index (χ1) is 7.96. The second-order valence-electron chi connectivity index (χ2n) is 5.27. The van der Waals surface area contributed by atoms with E-state index in [-0.39, 0.29) is 16.7 Å². The van der Waals surface area contributed by atoms with Crippen molar-refractivity contribution in [3.8, 4) is 0 Å². The fraction of sp³-hybridized carbons (Fsp3) is 0.833. The molecule has 1 saturated heterocycles. The molecule has 0 aromatic heterocycles. The summed E-state index contributed by atoms with van der Waals surface area (Å²) in [5, 5.41) is 9.16. The summed E-state index contributed by atoms with van der Waals surface area (Å²) < 4.78 is 0. The maximum absolute atomic E-state index is 12.5. The van der Waals surface area contributed by atoms with E-state index in [0.717, 1.165) is 25.7 Å². The van der Waals surface area contributed by atoms with Crippen LogP contribution in [0.5, 0.6) is 0 Å². The van der Waals surface area contributed by atoms with E-state index in [9.17, 15) is 9.59 Å². The number of carbonyl (C=O) groups is 2. The molecular formula is C12H19NO3S. The minimum absolute atomic E-state index is 0.0129. The third-order valence-corrected chi connectivity index (χ3v) is 5.18. The molecule has 1 saturated carbocycles. The Hall–Kier alpha value is -0.710. The molecular weight excluding hydrogens is 238 g/mol. The van der Waals surface area contributed by atoms with Gasteiger partial charge in [0.05, 0.1) is 5.37 Å². The predicted molar refractivity (Wildman–Crippen MR) is 66.8 cm³/mol. The SMILES string of the molecule is CC1SCC(C(=O)O)N1C(=O)C1(C)CCCC1. The monoisotopic (exact) mass is 257 g/mol. The molecule has 0 aromatic rings. The topological polar surface area (TPSA) is 57.6 Å². The maximum Gasteiger partial charge on any atom is 0.327 e. The van der Waals surface area contributed by atoms with Crippen molar-refractivity contribution in [2.24, 2.45) is 5.41 Å². The van der Waals surface area contributed by atoms with Crippen LogP contribution in [-0.4, -0.2) is 39.1 Å². The highest BCUT2D eigenvalue weighted by Gasteiger charge is 2.47. The first kappa shape index (κ1) is 12.7. The first-order valence-corrected chi connectivity index (χ1v) is 7.18. The van der Waals surface area contributed by atoms with Crippen LogP contribution in [0.25, 0.3) is 0 Å². The zero-order valence-corrected chi connectivity index (χ0v) is 11.1. The molecule has 1 aliphatic heterocycles. The lowest BCUT2D eigenvalue weighted by molar-refractivity contribution is -0.153. The van der Waals surface area contributed by atoms with Gasteiger partial charge in [0.1, 0.15) is 6.04 Å². The largest absolute Gasteiger partial charge is 0.480 e. The van der Waals surface area contributed by atoms with Gasteiger partial charge in [-0.25, -0.2) is 4.79 Å². The summed E-state index contributed by atoms with van der Waals surface area (Å²) in [5.74, 6) is -0.324. The third-order valence-electron chi connectivity index (χ3n) is 3.97. The summed E-state index contributed by atoms with van der Waals surface area (Å²) in [6, 6.07) is -0.639. The average molecular weight is 257 g/mol. The Labute approximate surface area is 106 Å². The normalized spacial score (nSPS) is 31.8. The Morgan fingerprint density at radius 1 is 1.35 bits per heavy atom. The number of rotatable bonds is 2. The van der Waals surface area contributed by atoms with Crippen LogP contribution in [-0.2, 0) is 9.59 Å². The molecule has 2 atom stereocenters. The van der Waals surface area contributed by atoms with E-state index < -0.39 is 12.0 Å². The second-order valence-corrected chi connectivity index (χ2v) is 6.62. The highest BCUT2D eigenvalue weighted by atomic mass is 32.2. The molecule has 4 nitrogen and oxygen atoms in total. The van der Waals surface area contributed by atoms with E-state index >= 15 is 0 Å². The van der Waals surface area contributed by atoms with Crippen LogP contribution in [0.1, 0.15) is 39.5 Å². The van der Waals surface area contributed by atoms with Gasteiger partial charge >= 0.3 is 5.97 Å². The molecule has 2 unspecified atom stereocenters. The average Bonchev–Trinajstić information content (AvgIpc) is 2.85. The summed E-state index contributed by atoms with van der Waals surface area (Å²) in [7, 11) is 0. The van der Waals surface area contributed by atoms with Gasteiger partial charge < -0.3 is 10.0 Å². The second kappa shape index (κ2) is 4.52. The smallest absolute Gasteiger partial charge is 0.327 e. The number of amides is 1. The Morgan fingerprint density at radius 2 is 1.94 bits per heavy atom. The Morgan fingerprint density at radius 3 is 2.47 bits per heavy atom. The van der Waals surface area contributed by atoms with Crippen molar-refractivity contribution in [3.63, 3.8) is 0 Å². The van der Waals surface area contributed by atoms with Crippen molar-refractivity contribution >= 4 is 23.6 Å². The zero-order valence-electron chi connectivity index (χ0n) is 10.3. The molecule has 2 aliphatic rings. The van der Waals surface area contributed by atoms with E-state index in [1.807, 2.05) is 13.8 Å². The third kappa shape index (κ3) is 2.17. The quantitative estimate of drug-likeness (QED) is 0.821. The molecule has 1 amide bonds.